The Labute approximate surface area is 109 Å². The summed E-state index contributed by atoms with van der Waals surface area (Å²) in [6.45, 7) is 1.17. The summed E-state index contributed by atoms with van der Waals surface area (Å²) in [6.07, 6.45) is -0.397. The van der Waals surface area contributed by atoms with Gasteiger partial charge in [-0.2, -0.15) is 11.8 Å². The number of nitrogens with zero attached hydrogens (tertiary/aromatic N) is 1. The van der Waals surface area contributed by atoms with Crippen molar-refractivity contribution >= 4 is 29.7 Å². The molecule has 2 amide bonds. The number of carboxylic acids is 2. The Morgan fingerprint density at radius 1 is 1.22 bits per heavy atom. The molecule has 0 saturated carbocycles. The largest absolute Gasteiger partial charge is 0.481 e. The first kappa shape index (κ1) is 14.6. The van der Waals surface area contributed by atoms with Crippen LogP contribution in [0.4, 0.5) is 4.79 Å². The molecule has 1 saturated heterocycles. The Hall–Kier alpha value is -1.44. The maximum atomic E-state index is 11.8. The Bertz CT molecular complexity index is 330. The Kier molecular flexibility index (Phi) is 5.76. The second-order valence-corrected chi connectivity index (χ2v) is 5.10. The molecule has 0 spiro atoms. The topological polar surface area (TPSA) is 107 Å². The molecular weight excluding hydrogens is 260 g/mol. The van der Waals surface area contributed by atoms with Crippen LogP contribution in [-0.2, 0) is 9.59 Å². The van der Waals surface area contributed by atoms with Crippen molar-refractivity contribution in [2.75, 3.05) is 24.6 Å². The molecule has 1 heterocycles. The molecule has 102 valence electrons. The van der Waals surface area contributed by atoms with Gasteiger partial charge >= 0.3 is 18.0 Å². The van der Waals surface area contributed by atoms with E-state index in [1.807, 2.05) is 0 Å². The number of aliphatic carboxylic acids is 2. The summed E-state index contributed by atoms with van der Waals surface area (Å²) in [7, 11) is 0. The number of hydrogen-bond acceptors (Lipinski definition) is 4. The van der Waals surface area contributed by atoms with Crippen LogP contribution < -0.4 is 5.32 Å². The minimum absolute atomic E-state index is 0.112. The van der Waals surface area contributed by atoms with Crippen molar-refractivity contribution in [3.05, 3.63) is 0 Å². The van der Waals surface area contributed by atoms with Crippen LogP contribution in [0.3, 0.4) is 0 Å². The summed E-state index contributed by atoms with van der Waals surface area (Å²) in [4.78, 5) is 34.6. The van der Waals surface area contributed by atoms with Crippen LogP contribution in [0.15, 0.2) is 0 Å². The first-order valence-electron chi connectivity index (χ1n) is 5.58. The molecule has 1 atom stereocenters. The Morgan fingerprint density at radius 2 is 1.83 bits per heavy atom. The minimum Gasteiger partial charge on any atom is -0.481 e. The predicted octanol–water partition coefficient (Wildman–Crippen LogP) is 0.0628. The van der Waals surface area contributed by atoms with Crippen LogP contribution in [0.1, 0.15) is 12.8 Å². The van der Waals surface area contributed by atoms with Gasteiger partial charge < -0.3 is 20.4 Å². The third-order valence-electron chi connectivity index (χ3n) is 2.54. The normalized spacial score (nSPS) is 17.0. The highest BCUT2D eigenvalue weighted by molar-refractivity contribution is 7.99. The van der Waals surface area contributed by atoms with Crippen LogP contribution >= 0.6 is 11.8 Å². The summed E-state index contributed by atoms with van der Waals surface area (Å²) in [5, 5.41) is 19.8. The fraction of sp³-hybridized carbons (Fsp3) is 0.700. The van der Waals surface area contributed by atoms with E-state index in [4.69, 9.17) is 10.2 Å². The number of thioether (sulfide) groups is 1. The SMILES string of the molecule is O=C(O)CC[C@H](NC(=O)N1CCSCC1)C(=O)O. The van der Waals surface area contributed by atoms with Crippen molar-refractivity contribution in [3.63, 3.8) is 0 Å². The molecule has 8 heteroatoms. The highest BCUT2D eigenvalue weighted by Crippen LogP contribution is 2.09. The summed E-state index contributed by atoms with van der Waals surface area (Å²) >= 11 is 1.74. The Morgan fingerprint density at radius 3 is 2.33 bits per heavy atom. The van der Waals surface area contributed by atoms with Gasteiger partial charge in [-0.1, -0.05) is 0 Å². The number of carbonyl (C=O) groups excluding carboxylic acids is 1. The fourth-order valence-corrected chi connectivity index (χ4v) is 2.44. The molecule has 1 rings (SSSR count). The van der Waals surface area contributed by atoms with Crippen LogP contribution in [0.2, 0.25) is 0 Å². The molecule has 0 aromatic rings. The van der Waals surface area contributed by atoms with E-state index in [0.29, 0.717) is 13.1 Å². The molecule has 1 aliphatic heterocycles. The number of amides is 2. The van der Waals surface area contributed by atoms with E-state index in [1.54, 1.807) is 16.7 Å². The predicted molar refractivity (Wildman–Crippen MR) is 65.7 cm³/mol. The van der Waals surface area contributed by atoms with Gasteiger partial charge in [-0.05, 0) is 6.42 Å². The number of rotatable bonds is 5. The third kappa shape index (κ3) is 4.82. The molecule has 18 heavy (non-hydrogen) atoms. The molecule has 1 aliphatic rings. The van der Waals surface area contributed by atoms with Gasteiger partial charge in [0.05, 0.1) is 0 Å². The molecular formula is C10H16N2O5S. The van der Waals surface area contributed by atoms with Crippen LogP contribution in [0, 0.1) is 0 Å². The van der Waals surface area contributed by atoms with Crippen molar-refractivity contribution < 1.29 is 24.6 Å². The molecule has 1 fully saturated rings. The van der Waals surface area contributed by atoms with Crippen LogP contribution in [0.25, 0.3) is 0 Å². The molecule has 0 bridgehead atoms. The smallest absolute Gasteiger partial charge is 0.326 e. The zero-order valence-electron chi connectivity index (χ0n) is 9.79. The Balaban J connectivity index is 2.46. The number of hydrogen-bond donors (Lipinski definition) is 3. The van der Waals surface area contributed by atoms with Gasteiger partial charge in [-0.3, -0.25) is 4.79 Å². The maximum absolute atomic E-state index is 11.8. The van der Waals surface area contributed by atoms with E-state index in [0.717, 1.165) is 11.5 Å². The summed E-state index contributed by atoms with van der Waals surface area (Å²) < 4.78 is 0. The van der Waals surface area contributed by atoms with Gasteiger partial charge in [0.15, 0.2) is 0 Å². The van der Waals surface area contributed by atoms with Crippen molar-refractivity contribution in [3.8, 4) is 0 Å². The monoisotopic (exact) mass is 276 g/mol. The number of urea groups is 1. The van der Waals surface area contributed by atoms with Gasteiger partial charge in [0.25, 0.3) is 0 Å². The molecule has 7 nitrogen and oxygen atoms in total. The molecule has 0 aromatic heterocycles. The second-order valence-electron chi connectivity index (χ2n) is 3.87. The van der Waals surface area contributed by atoms with Crippen LogP contribution in [-0.4, -0.2) is 63.7 Å². The summed E-state index contributed by atoms with van der Waals surface area (Å²) in [6, 6.07) is -1.59. The zero-order valence-corrected chi connectivity index (χ0v) is 10.6. The van der Waals surface area contributed by atoms with E-state index in [-0.39, 0.29) is 12.8 Å². The van der Waals surface area contributed by atoms with Crippen LogP contribution in [0.5, 0.6) is 0 Å². The van der Waals surface area contributed by atoms with Gasteiger partial charge in [-0.15, -0.1) is 0 Å². The lowest BCUT2D eigenvalue weighted by Crippen LogP contribution is -2.50. The fourth-order valence-electron chi connectivity index (χ4n) is 1.53. The second kappa shape index (κ2) is 7.10. The van der Waals surface area contributed by atoms with Crippen molar-refractivity contribution in [2.45, 2.75) is 18.9 Å². The van der Waals surface area contributed by atoms with Gasteiger partial charge in [0.1, 0.15) is 6.04 Å². The number of nitrogens with one attached hydrogen (secondary N) is 1. The zero-order chi connectivity index (χ0) is 13.5. The van der Waals surface area contributed by atoms with Gasteiger partial charge in [-0.25, -0.2) is 9.59 Å². The lowest BCUT2D eigenvalue weighted by atomic mass is 10.1. The summed E-state index contributed by atoms with van der Waals surface area (Å²) in [5.41, 5.74) is 0. The van der Waals surface area contributed by atoms with E-state index in [2.05, 4.69) is 5.32 Å². The first-order valence-corrected chi connectivity index (χ1v) is 6.74. The molecule has 0 aromatic carbocycles. The quantitative estimate of drug-likeness (QED) is 0.655. The first-order chi connectivity index (χ1) is 8.50. The molecule has 3 N–H and O–H groups in total. The minimum atomic E-state index is -1.21. The number of carboxylic acid groups (broad SMARTS) is 2. The highest BCUT2D eigenvalue weighted by Gasteiger charge is 2.24. The van der Waals surface area contributed by atoms with Crippen molar-refractivity contribution in [2.24, 2.45) is 0 Å². The molecule has 0 unspecified atom stereocenters. The third-order valence-corrected chi connectivity index (χ3v) is 3.48. The van der Waals surface area contributed by atoms with E-state index >= 15 is 0 Å². The van der Waals surface area contributed by atoms with Gasteiger partial charge in [0, 0.05) is 31.0 Å². The lowest BCUT2D eigenvalue weighted by molar-refractivity contribution is -0.140. The average Bonchev–Trinajstić information content (AvgIpc) is 2.34. The number of carbonyl (C=O) groups is 3. The standard InChI is InChI=1S/C10H16N2O5S/c13-8(14)2-1-7(9(15)16)11-10(17)12-3-5-18-6-4-12/h7H,1-6H2,(H,11,17)(H,13,14)(H,15,16)/t7-/m0/s1. The lowest BCUT2D eigenvalue weighted by Gasteiger charge is -2.28. The van der Waals surface area contributed by atoms with E-state index in [1.165, 1.54) is 0 Å². The summed E-state index contributed by atoms with van der Waals surface area (Å²) in [5.74, 6) is -0.624. The van der Waals surface area contributed by atoms with E-state index < -0.39 is 24.0 Å². The average molecular weight is 276 g/mol. The van der Waals surface area contributed by atoms with Crippen molar-refractivity contribution in [1.82, 2.24) is 10.2 Å². The van der Waals surface area contributed by atoms with Gasteiger partial charge in [0.2, 0.25) is 0 Å². The van der Waals surface area contributed by atoms with E-state index in [9.17, 15) is 14.4 Å². The molecule has 0 radical (unpaired) electrons. The van der Waals surface area contributed by atoms with Crippen molar-refractivity contribution in [1.29, 1.82) is 0 Å². The highest BCUT2D eigenvalue weighted by atomic mass is 32.2. The molecule has 0 aliphatic carbocycles. The maximum Gasteiger partial charge on any atom is 0.326 e.